The van der Waals surface area contributed by atoms with Crippen LogP contribution in [0.1, 0.15) is 43.7 Å². The van der Waals surface area contributed by atoms with Gasteiger partial charge in [-0.25, -0.2) is 0 Å². The Kier molecular flexibility index (Phi) is 7.07. The van der Waals surface area contributed by atoms with Gasteiger partial charge in [-0.1, -0.05) is 42.9 Å². The van der Waals surface area contributed by atoms with Crippen molar-refractivity contribution in [2.24, 2.45) is 17.8 Å². The quantitative estimate of drug-likeness (QED) is 0.701. The molecule has 33 heavy (non-hydrogen) atoms. The summed E-state index contributed by atoms with van der Waals surface area (Å²) in [5.74, 6) is -0.0521. The summed E-state index contributed by atoms with van der Waals surface area (Å²) in [7, 11) is 0. The van der Waals surface area contributed by atoms with Crippen LogP contribution in [0.5, 0.6) is 0 Å². The molecule has 2 aromatic rings. The normalized spacial score (nSPS) is 19.4. The number of nitrogens with one attached hydrogen (secondary N) is 1. The van der Waals surface area contributed by atoms with Crippen LogP contribution in [-0.4, -0.2) is 52.5 Å². The molecule has 4 rings (SSSR count). The molecule has 1 aromatic heterocycles. The standard InChI is InChI=1S/C24H31N5O3S/c1-15(2)12-20-26-27-24(33-20)25-22(31)17-8-10-28(11-9-17)23(32)18-13-21(30)29(14-18)19-6-4-16(3)5-7-19/h4-7,15,17-18H,8-14H2,1-3H3,(H,25,27,31)/t18-/m1/s1. The number of anilines is 2. The van der Waals surface area contributed by atoms with Crippen LogP contribution in [0.3, 0.4) is 0 Å². The number of amides is 3. The minimum absolute atomic E-state index is 0.0132. The summed E-state index contributed by atoms with van der Waals surface area (Å²) >= 11 is 1.42. The lowest BCUT2D eigenvalue weighted by molar-refractivity contribution is -0.138. The first-order chi connectivity index (χ1) is 15.8. The van der Waals surface area contributed by atoms with Gasteiger partial charge >= 0.3 is 0 Å². The van der Waals surface area contributed by atoms with E-state index in [-0.39, 0.29) is 36.0 Å². The summed E-state index contributed by atoms with van der Waals surface area (Å²) in [6, 6.07) is 7.79. The van der Waals surface area contributed by atoms with E-state index in [1.54, 1.807) is 4.90 Å². The lowest BCUT2D eigenvalue weighted by atomic mass is 9.94. The van der Waals surface area contributed by atoms with Crippen molar-refractivity contribution in [2.75, 3.05) is 29.9 Å². The molecule has 2 saturated heterocycles. The zero-order chi connectivity index (χ0) is 23.5. The van der Waals surface area contributed by atoms with Crippen LogP contribution in [0.25, 0.3) is 0 Å². The van der Waals surface area contributed by atoms with Crippen molar-refractivity contribution in [3.63, 3.8) is 0 Å². The Morgan fingerprint density at radius 1 is 1.12 bits per heavy atom. The highest BCUT2D eigenvalue weighted by atomic mass is 32.1. The van der Waals surface area contributed by atoms with Gasteiger partial charge in [-0.15, -0.1) is 10.2 Å². The first-order valence-corrected chi connectivity index (χ1v) is 12.4. The molecular formula is C24H31N5O3S. The molecule has 0 spiro atoms. The molecule has 8 nitrogen and oxygen atoms in total. The molecular weight excluding hydrogens is 438 g/mol. The largest absolute Gasteiger partial charge is 0.342 e. The maximum absolute atomic E-state index is 13.1. The third-order valence-corrected chi connectivity index (χ3v) is 7.14. The van der Waals surface area contributed by atoms with E-state index in [4.69, 9.17) is 0 Å². The van der Waals surface area contributed by atoms with Crippen molar-refractivity contribution >= 4 is 39.9 Å². The van der Waals surface area contributed by atoms with Gasteiger partial charge < -0.3 is 15.1 Å². The highest BCUT2D eigenvalue weighted by Crippen LogP contribution is 2.29. The third kappa shape index (κ3) is 5.58. The van der Waals surface area contributed by atoms with Crippen LogP contribution >= 0.6 is 11.3 Å². The Balaban J connectivity index is 1.27. The molecule has 1 atom stereocenters. The number of aromatic nitrogens is 2. The summed E-state index contributed by atoms with van der Waals surface area (Å²) in [5.41, 5.74) is 1.97. The van der Waals surface area contributed by atoms with Gasteiger partial charge in [0.05, 0.1) is 5.92 Å². The lowest BCUT2D eigenvalue weighted by Gasteiger charge is -2.32. The predicted molar refractivity (Wildman–Crippen MR) is 128 cm³/mol. The van der Waals surface area contributed by atoms with E-state index in [2.05, 4.69) is 29.4 Å². The van der Waals surface area contributed by atoms with Gasteiger partial charge in [-0.05, 0) is 37.8 Å². The highest BCUT2D eigenvalue weighted by Gasteiger charge is 2.38. The highest BCUT2D eigenvalue weighted by molar-refractivity contribution is 7.15. The van der Waals surface area contributed by atoms with Crippen molar-refractivity contribution in [3.8, 4) is 0 Å². The summed E-state index contributed by atoms with van der Waals surface area (Å²) < 4.78 is 0. The summed E-state index contributed by atoms with van der Waals surface area (Å²) in [6.45, 7) is 7.72. The molecule has 9 heteroatoms. The Labute approximate surface area is 198 Å². The molecule has 3 heterocycles. The summed E-state index contributed by atoms with van der Waals surface area (Å²) in [5, 5.41) is 12.6. The number of nitrogens with zero attached hydrogens (tertiary/aromatic N) is 4. The Hall–Kier alpha value is -2.81. The summed E-state index contributed by atoms with van der Waals surface area (Å²) in [6.07, 6.45) is 2.30. The predicted octanol–water partition coefficient (Wildman–Crippen LogP) is 3.28. The minimum Gasteiger partial charge on any atom is -0.342 e. The maximum atomic E-state index is 13.1. The number of rotatable bonds is 6. The number of likely N-dealkylation sites (tertiary alicyclic amines) is 1. The number of aryl methyl sites for hydroxylation is 1. The van der Waals surface area contributed by atoms with Gasteiger partial charge in [-0.2, -0.15) is 0 Å². The van der Waals surface area contributed by atoms with Crippen molar-refractivity contribution in [1.29, 1.82) is 0 Å². The second-order valence-electron chi connectivity index (χ2n) is 9.43. The van der Waals surface area contributed by atoms with E-state index < -0.39 is 0 Å². The molecule has 176 valence electrons. The van der Waals surface area contributed by atoms with Gasteiger partial charge in [0, 0.05) is 44.1 Å². The van der Waals surface area contributed by atoms with Crippen LogP contribution in [-0.2, 0) is 20.8 Å². The molecule has 2 aliphatic rings. The van der Waals surface area contributed by atoms with Gasteiger partial charge in [-0.3, -0.25) is 14.4 Å². The van der Waals surface area contributed by atoms with Crippen LogP contribution in [0, 0.1) is 24.7 Å². The average molecular weight is 470 g/mol. The fourth-order valence-electron chi connectivity index (χ4n) is 4.41. The van der Waals surface area contributed by atoms with Crippen molar-refractivity contribution < 1.29 is 14.4 Å². The Bertz CT molecular complexity index is 1010. The second-order valence-corrected chi connectivity index (χ2v) is 10.5. The maximum Gasteiger partial charge on any atom is 0.229 e. The van der Waals surface area contributed by atoms with Crippen molar-refractivity contribution in [1.82, 2.24) is 15.1 Å². The molecule has 0 bridgehead atoms. The van der Waals surface area contributed by atoms with E-state index in [1.807, 2.05) is 36.1 Å². The SMILES string of the molecule is Cc1ccc(N2C[C@H](C(=O)N3CCC(C(=O)Nc4nnc(CC(C)C)s4)CC3)CC2=O)cc1. The zero-order valence-corrected chi connectivity index (χ0v) is 20.2. The first kappa shape index (κ1) is 23.4. The third-order valence-electron chi connectivity index (χ3n) is 6.28. The Morgan fingerprint density at radius 3 is 2.48 bits per heavy atom. The van der Waals surface area contributed by atoms with Crippen molar-refractivity contribution in [3.05, 3.63) is 34.8 Å². The molecule has 0 unspecified atom stereocenters. The zero-order valence-electron chi connectivity index (χ0n) is 19.4. The van der Waals surface area contributed by atoms with Gasteiger partial charge in [0.1, 0.15) is 5.01 Å². The van der Waals surface area contributed by atoms with Crippen LogP contribution in [0.4, 0.5) is 10.8 Å². The lowest BCUT2D eigenvalue weighted by Crippen LogP contribution is -2.44. The minimum atomic E-state index is -0.329. The number of piperidine rings is 1. The van der Waals surface area contributed by atoms with Crippen LogP contribution in [0.2, 0.25) is 0 Å². The first-order valence-electron chi connectivity index (χ1n) is 11.6. The molecule has 1 N–H and O–H groups in total. The van der Waals surface area contributed by atoms with E-state index in [0.717, 1.165) is 22.7 Å². The summed E-state index contributed by atoms with van der Waals surface area (Å²) in [4.78, 5) is 41.8. The molecule has 2 aliphatic heterocycles. The molecule has 0 saturated carbocycles. The second kappa shape index (κ2) is 9.99. The number of carbonyl (C=O) groups is 3. The topological polar surface area (TPSA) is 95.5 Å². The number of hydrogen-bond donors (Lipinski definition) is 1. The molecule has 0 aliphatic carbocycles. The molecule has 0 radical (unpaired) electrons. The van der Waals surface area contributed by atoms with E-state index in [9.17, 15) is 14.4 Å². The van der Waals surface area contributed by atoms with Gasteiger partial charge in [0.25, 0.3) is 0 Å². The molecule has 2 fully saturated rings. The van der Waals surface area contributed by atoms with Crippen LogP contribution in [0.15, 0.2) is 24.3 Å². The smallest absolute Gasteiger partial charge is 0.229 e. The number of benzene rings is 1. The fraction of sp³-hybridized carbons (Fsp3) is 0.542. The van der Waals surface area contributed by atoms with Crippen molar-refractivity contribution in [2.45, 2.75) is 46.5 Å². The van der Waals surface area contributed by atoms with E-state index in [1.165, 1.54) is 11.3 Å². The molecule has 3 amide bonds. The van der Waals surface area contributed by atoms with Gasteiger partial charge in [0.2, 0.25) is 22.9 Å². The number of carbonyl (C=O) groups excluding carboxylic acids is 3. The monoisotopic (exact) mass is 469 g/mol. The molecule has 1 aromatic carbocycles. The number of hydrogen-bond acceptors (Lipinski definition) is 6. The fourth-order valence-corrected chi connectivity index (χ4v) is 5.37. The van der Waals surface area contributed by atoms with Crippen LogP contribution < -0.4 is 10.2 Å². The van der Waals surface area contributed by atoms with E-state index in [0.29, 0.717) is 43.5 Å². The van der Waals surface area contributed by atoms with Gasteiger partial charge in [0.15, 0.2) is 0 Å². The average Bonchev–Trinajstić information content (AvgIpc) is 3.39. The van der Waals surface area contributed by atoms with E-state index >= 15 is 0 Å². The Morgan fingerprint density at radius 2 is 1.82 bits per heavy atom.